The average molecular weight is 526 g/mol. The Morgan fingerprint density at radius 3 is 2.42 bits per heavy atom. The van der Waals surface area contributed by atoms with E-state index in [9.17, 15) is 13.2 Å². The van der Waals surface area contributed by atoms with Gasteiger partial charge in [-0.2, -0.15) is 0 Å². The van der Waals surface area contributed by atoms with Crippen LogP contribution in [0.15, 0.2) is 59.6 Å². The highest BCUT2D eigenvalue weighted by molar-refractivity contribution is 7.92. The molecular weight excluding hydrogens is 507 g/mol. The molecule has 0 spiro atoms. The molecule has 4 rings (SSSR count). The van der Waals surface area contributed by atoms with E-state index in [1.54, 1.807) is 36.4 Å². The lowest BCUT2D eigenvalue weighted by Gasteiger charge is -2.24. The zero-order valence-electron chi connectivity index (χ0n) is 17.4. The number of carbonyl (C=O) groups excluding carboxylic acids is 1. The van der Waals surface area contributed by atoms with E-state index in [1.807, 2.05) is 11.9 Å². The fourth-order valence-electron chi connectivity index (χ4n) is 3.52. The zero-order chi connectivity index (χ0) is 23.8. The number of hydrogen-bond donors (Lipinski definition) is 1. The van der Waals surface area contributed by atoms with Crippen molar-refractivity contribution in [1.82, 2.24) is 9.88 Å². The van der Waals surface area contributed by atoms with Gasteiger partial charge in [-0.25, -0.2) is 8.42 Å². The summed E-state index contributed by atoms with van der Waals surface area (Å²) in [7, 11) is -2.04. The summed E-state index contributed by atoms with van der Waals surface area (Å²) in [6.07, 6.45) is 1.48. The number of fused-ring (bicyclic) bond motifs is 1. The van der Waals surface area contributed by atoms with E-state index < -0.39 is 15.9 Å². The maximum absolute atomic E-state index is 13.5. The van der Waals surface area contributed by atoms with Crippen LogP contribution in [0.25, 0.3) is 0 Å². The molecule has 0 bridgehead atoms. The van der Waals surface area contributed by atoms with Gasteiger partial charge in [-0.15, -0.1) is 0 Å². The highest BCUT2D eigenvalue weighted by Crippen LogP contribution is 2.32. The van der Waals surface area contributed by atoms with Crippen LogP contribution >= 0.6 is 34.8 Å². The minimum Gasteiger partial charge on any atom is -0.320 e. The minimum absolute atomic E-state index is 0.0720. The highest BCUT2D eigenvalue weighted by atomic mass is 35.5. The second-order valence-corrected chi connectivity index (χ2v) is 10.6. The van der Waals surface area contributed by atoms with Crippen molar-refractivity contribution in [2.75, 3.05) is 29.8 Å². The molecule has 1 aromatic heterocycles. The SMILES string of the molecule is CN1CCN(S(=O)(=O)c2cccc(Cl)c2)c2cc(NC(=O)c3c(Cl)cccc3Cl)cnc2C1. The third kappa shape index (κ3) is 4.95. The standard InChI is InChI=1S/C22H19Cl3N4O3S/c1-28-8-9-29(33(31,32)16-5-2-4-14(23)10-16)20-11-15(12-26-19(20)13-28)27-22(30)21-17(24)6-3-7-18(21)25/h2-7,10-12H,8-9,13H2,1H3,(H,27,30). The smallest absolute Gasteiger partial charge is 0.264 e. The molecule has 1 aliphatic rings. The summed E-state index contributed by atoms with van der Waals surface area (Å²) in [5.74, 6) is -0.526. The maximum atomic E-state index is 13.5. The number of rotatable bonds is 4. The van der Waals surface area contributed by atoms with Crippen LogP contribution in [0, 0.1) is 0 Å². The van der Waals surface area contributed by atoms with E-state index in [2.05, 4.69) is 10.3 Å². The Hall–Kier alpha value is -2.36. The highest BCUT2D eigenvalue weighted by Gasteiger charge is 2.30. The van der Waals surface area contributed by atoms with Crippen LogP contribution in [0.2, 0.25) is 15.1 Å². The number of benzene rings is 2. The molecule has 1 aliphatic heterocycles. The topological polar surface area (TPSA) is 82.6 Å². The number of aromatic nitrogens is 1. The van der Waals surface area contributed by atoms with Crippen LogP contribution in [0.3, 0.4) is 0 Å². The number of hydrogen-bond acceptors (Lipinski definition) is 5. The van der Waals surface area contributed by atoms with Crippen LogP contribution in [0.5, 0.6) is 0 Å². The molecule has 11 heteroatoms. The summed E-state index contributed by atoms with van der Waals surface area (Å²) in [5.41, 5.74) is 1.38. The van der Waals surface area contributed by atoms with Crippen LogP contribution < -0.4 is 9.62 Å². The predicted octanol–water partition coefficient (Wildman–Crippen LogP) is 4.93. The molecule has 0 aliphatic carbocycles. The first-order chi connectivity index (χ1) is 15.7. The van der Waals surface area contributed by atoms with Gasteiger partial charge in [0.05, 0.1) is 43.8 Å². The lowest BCUT2D eigenvalue weighted by Crippen LogP contribution is -2.35. The quantitative estimate of drug-likeness (QED) is 0.522. The molecule has 0 fully saturated rings. The number of nitrogens with zero attached hydrogens (tertiary/aromatic N) is 3. The van der Waals surface area contributed by atoms with Gasteiger partial charge in [-0.1, -0.05) is 46.9 Å². The largest absolute Gasteiger partial charge is 0.320 e. The van der Waals surface area contributed by atoms with Crippen molar-refractivity contribution in [3.63, 3.8) is 0 Å². The first-order valence-electron chi connectivity index (χ1n) is 9.88. The van der Waals surface area contributed by atoms with Gasteiger partial charge in [0.2, 0.25) is 0 Å². The molecule has 1 N–H and O–H groups in total. The Morgan fingerprint density at radius 1 is 1.03 bits per heavy atom. The number of pyridine rings is 1. The van der Waals surface area contributed by atoms with Crippen molar-refractivity contribution < 1.29 is 13.2 Å². The zero-order valence-corrected chi connectivity index (χ0v) is 20.5. The molecule has 0 atom stereocenters. The maximum Gasteiger partial charge on any atom is 0.264 e. The van der Waals surface area contributed by atoms with Crippen molar-refractivity contribution in [3.8, 4) is 0 Å². The minimum atomic E-state index is -3.93. The van der Waals surface area contributed by atoms with Gasteiger partial charge in [-0.3, -0.25) is 19.0 Å². The third-order valence-electron chi connectivity index (χ3n) is 5.15. The van der Waals surface area contributed by atoms with Gasteiger partial charge in [0.15, 0.2) is 0 Å². The van der Waals surface area contributed by atoms with Crippen LogP contribution in [-0.2, 0) is 16.6 Å². The van der Waals surface area contributed by atoms with Crippen molar-refractivity contribution in [3.05, 3.63) is 81.1 Å². The molecule has 1 amide bonds. The Balaban J connectivity index is 1.74. The molecule has 2 heterocycles. The number of amides is 1. The van der Waals surface area contributed by atoms with Crippen LogP contribution in [0.1, 0.15) is 16.1 Å². The number of halogens is 3. The summed E-state index contributed by atoms with van der Waals surface area (Å²) in [4.78, 5) is 19.3. The van der Waals surface area contributed by atoms with Crippen molar-refractivity contribution in [2.45, 2.75) is 11.4 Å². The van der Waals surface area contributed by atoms with Gasteiger partial charge in [-0.05, 0) is 43.4 Å². The third-order valence-corrected chi connectivity index (χ3v) is 7.83. The Morgan fingerprint density at radius 2 is 1.73 bits per heavy atom. The number of nitrogens with one attached hydrogen (secondary N) is 1. The monoisotopic (exact) mass is 524 g/mol. The summed E-state index contributed by atoms with van der Waals surface area (Å²) < 4.78 is 28.3. The van der Waals surface area contributed by atoms with Gasteiger partial charge in [0.1, 0.15) is 0 Å². The molecule has 0 radical (unpaired) electrons. The normalized spacial score (nSPS) is 14.5. The molecule has 33 heavy (non-hydrogen) atoms. The lowest BCUT2D eigenvalue weighted by atomic mass is 10.2. The molecule has 0 saturated carbocycles. The van der Waals surface area contributed by atoms with Crippen molar-refractivity contribution in [1.29, 1.82) is 0 Å². The average Bonchev–Trinajstić information content (AvgIpc) is 2.92. The van der Waals surface area contributed by atoms with E-state index in [-0.39, 0.29) is 27.0 Å². The van der Waals surface area contributed by atoms with Crippen LogP contribution in [-0.4, -0.2) is 44.3 Å². The van der Waals surface area contributed by atoms with Crippen molar-refractivity contribution >= 4 is 62.1 Å². The molecule has 2 aromatic carbocycles. The first kappa shape index (κ1) is 23.8. The van der Waals surface area contributed by atoms with E-state index in [0.29, 0.717) is 35.2 Å². The van der Waals surface area contributed by atoms with E-state index in [1.165, 1.54) is 22.6 Å². The summed E-state index contributed by atoms with van der Waals surface area (Å²) in [6, 6.07) is 12.5. The summed E-state index contributed by atoms with van der Waals surface area (Å²) in [6.45, 7) is 1.14. The Bertz CT molecular complexity index is 1310. The molecular formula is C22H19Cl3N4O3S. The molecule has 3 aromatic rings. The van der Waals surface area contributed by atoms with E-state index in [4.69, 9.17) is 34.8 Å². The molecule has 0 saturated heterocycles. The number of sulfonamides is 1. The number of carbonyl (C=O) groups is 1. The number of likely N-dealkylation sites (N-methyl/N-ethyl adjacent to an activating group) is 1. The fraction of sp³-hybridized carbons (Fsp3) is 0.182. The fourth-order valence-corrected chi connectivity index (χ4v) is 5.86. The van der Waals surface area contributed by atoms with Gasteiger partial charge in [0, 0.05) is 24.7 Å². The van der Waals surface area contributed by atoms with Crippen molar-refractivity contribution in [2.24, 2.45) is 0 Å². The van der Waals surface area contributed by atoms with E-state index in [0.717, 1.165) is 0 Å². The predicted molar refractivity (Wildman–Crippen MR) is 131 cm³/mol. The Labute approximate surface area is 206 Å². The first-order valence-corrected chi connectivity index (χ1v) is 12.5. The van der Waals surface area contributed by atoms with Crippen LogP contribution in [0.4, 0.5) is 11.4 Å². The lowest BCUT2D eigenvalue weighted by molar-refractivity contribution is 0.102. The number of anilines is 2. The van der Waals surface area contributed by atoms with Gasteiger partial charge >= 0.3 is 0 Å². The molecule has 0 unspecified atom stereocenters. The van der Waals surface area contributed by atoms with Gasteiger partial charge in [0.25, 0.3) is 15.9 Å². The second kappa shape index (κ2) is 9.48. The van der Waals surface area contributed by atoms with E-state index >= 15 is 0 Å². The Kier molecular flexibility index (Phi) is 6.83. The van der Waals surface area contributed by atoms with Gasteiger partial charge < -0.3 is 5.32 Å². The summed E-state index contributed by atoms with van der Waals surface area (Å²) in [5, 5.41) is 3.44. The summed E-state index contributed by atoms with van der Waals surface area (Å²) >= 11 is 18.3. The molecule has 7 nitrogen and oxygen atoms in total. The second-order valence-electron chi connectivity index (χ2n) is 7.51. The molecule has 172 valence electrons.